The summed E-state index contributed by atoms with van der Waals surface area (Å²) in [5.41, 5.74) is 7.32. The van der Waals surface area contributed by atoms with Crippen LogP contribution >= 0.6 is 51.5 Å². The van der Waals surface area contributed by atoms with Crippen LogP contribution in [0.2, 0.25) is 10.0 Å². The molecule has 0 unspecified atom stereocenters. The van der Waals surface area contributed by atoms with Crippen molar-refractivity contribution < 1.29 is 4.74 Å². The minimum atomic E-state index is 0. The predicted molar refractivity (Wildman–Crippen MR) is 86.6 cm³/mol. The standard InChI is InChI=1S/C13H10BrCl2NO.ClH/c14-11-5-9(15)2-1-8(11)7-18-13-4-3-10(16)6-12(13)17;/h1-6H,7,17H2;1H. The summed E-state index contributed by atoms with van der Waals surface area (Å²) in [6.45, 7) is 0.406. The zero-order valence-electron chi connectivity index (χ0n) is 9.70. The second kappa shape index (κ2) is 7.25. The summed E-state index contributed by atoms with van der Waals surface area (Å²) in [4.78, 5) is 0. The molecule has 0 amide bonds. The topological polar surface area (TPSA) is 35.2 Å². The number of anilines is 1. The molecule has 0 radical (unpaired) electrons. The fourth-order valence-electron chi connectivity index (χ4n) is 1.45. The van der Waals surface area contributed by atoms with E-state index in [0.717, 1.165) is 10.0 Å². The van der Waals surface area contributed by atoms with Crippen LogP contribution in [-0.2, 0) is 6.61 Å². The van der Waals surface area contributed by atoms with Crippen LogP contribution in [-0.4, -0.2) is 0 Å². The van der Waals surface area contributed by atoms with Crippen molar-refractivity contribution in [3.63, 3.8) is 0 Å². The lowest BCUT2D eigenvalue weighted by molar-refractivity contribution is 0.307. The Kier molecular flexibility index (Phi) is 6.27. The number of rotatable bonds is 3. The summed E-state index contributed by atoms with van der Waals surface area (Å²) >= 11 is 15.1. The van der Waals surface area contributed by atoms with E-state index in [9.17, 15) is 0 Å². The summed E-state index contributed by atoms with van der Waals surface area (Å²) in [5.74, 6) is 0.612. The highest BCUT2D eigenvalue weighted by molar-refractivity contribution is 9.10. The Morgan fingerprint density at radius 1 is 1.05 bits per heavy atom. The van der Waals surface area contributed by atoms with Crippen molar-refractivity contribution in [3.05, 3.63) is 56.5 Å². The number of benzene rings is 2. The lowest BCUT2D eigenvalue weighted by Crippen LogP contribution is -1.99. The smallest absolute Gasteiger partial charge is 0.142 e. The van der Waals surface area contributed by atoms with Crippen LogP contribution < -0.4 is 10.5 Å². The van der Waals surface area contributed by atoms with Gasteiger partial charge in [0, 0.05) is 20.1 Å². The third-order valence-electron chi connectivity index (χ3n) is 2.37. The van der Waals surface area contributed by atoms with Crippen LogP contribution in [0.5, 0.6) is 5.75 Å². The number of halogens is 4. The number of ether oxygens (including phenoxy) is 1. The number of hydrogen-bond acceptors (Lipinski definition) is 2. The van der Waals surface area contributed by atoms with E-state index >= 15 is 0 Å². The average Bonchev–Trinajstić information content (AvgIpc) is 2.30. The van der Waals surface area contributed by atoms with E-state index in [0.29, 0.717) is 28.1 Å². The molecule has 0 aliphatic rings. The second-order valence-electron chi connectivity index (χ2n) is 3.71. The first-order chi connectivity index (χ1) is 8.56. The number of hydrogen-bond donors (Lipinski definition) is 1. The monoisotopic (exact) mass is 381 g/mol. The van der Waals surface area contributed by atoms with Gasteiger partial charge in [-0.3, -0.25) is 0 Å². The summed E-state index contributed by atoms with van der Waals surface area (Å²) in [7, 11) is 0. The van der Waals surface area contributed by atoms with Crippen molar-refractivity contribution in [1.82, 2.24) is 0 Å². The van der Waals surface area contributed by atoms with Gasteiger partial charge in [0.15, 0.2) is 0 Å². The molecule has 0 atom stereocenters. The SMILES string of the molecule is Cl.Nc1cc(Cl)ccc1OCc1ccc(Cl)cc1Br. The fraction of sp³-hybridized carbons (Fsp3) is 0.0769. The van der Waals surface area contributed by atoms with Crippen molar-refractivity contribution >= 4 is 57.2 Å². The molecule has 0 aromatic heterocycles. The van der Waals surface area contributed by atoms with Gasteiger partial charge < -0.3 is 10.5 Å². The molecule has 2 nitrogen and oxygen atoms in total. The van der Waals surface area contributed by atoms with Crippen molar-refractivity contribution in [2.75, 3.05) is 5.73 Å². The first kappa shape index (κ1) is 16.4. The Morgan fingerprint density at radius 2 is 1.68 bits per heavy atom. The Hall–Kier alpha value is -0.610. The first-order valence-electron chi connectivity index (χ1n) is 5.18. The van der Waals surface area contributed by atoms with Gasteiger partial charge in [-0.25, -0.2) is 0 Å². The maximum absolute atomic E-state index is 5.87. The van der Waals surface area contributed by atoms with Crippen molar-refractivity contribution in [3.8, 4) is 5.75 Å². The van der Waals surface area contributed by atoms with Crippen molar-refractivity contribution in [2.45, 2.75) is 6.61 Å². The number of nitrogen functional groups attached to an aromatic ring is 1. The summed E-state index contributed by atoms with van der Waals surface area (Å²) in [5, 5.41) is 1.27. The van der Waals surface area contributed by atoms with E-state index < -0.39 is 0 Å². The molecule has 102 valence electrons. The van der Waals surface area contributed by atoms with Gasteiger partial charge >= 0.3 is 0 Å². The predicted octanol–water partition coefficient (Wildman–Crippen LogP) is 5.34. The van der Waals surface area contributed by atoms with Gasteiger partial charge in [-0.15, -0.1) is 12.4 Å². The van der Waals surface area contributed by atoms with E-state index in [-0.39, 0.29) is 12.4 Å². The van der Waals surface area contributed by atoms with E-state index in [1.807, 2.05) is 18.2 Å². The summed E-state index contributed by atoms with van der Waals surface area (Å²) in [6.07, 6.45) is 0. The van der Waals surface area contributed by atoms with Gasteiger partial charge in [-0.05, 0) is 30.3 Å². The maximum Gasteiger partial charge on any atom is 0.142 e. The number of nitrogens with two attached hydrogens (primary N) is 1. The normalized spacial score (nSPS) is 9.84. The van der Waals surface area contributed by atoms with Crippen LogP contribution in [0.1, 0.15) is 5.56 Å². The molecule has 19 heavy (non-hydrogen) atoms. The molecule has 0 aliphatic carbocycles. The molecular formula is C13H11BrCl3NO. The Morgan fingerprint density at radius 3 is 2.32 bits per heavy atom. The van der Waals surface area contributed by atoms with Crippen LogP contribution in [0.3, 0.4) is 0 Å². The average molecular weight is 384 g/mol. The molecule has 2 aromatic rings. The summed E-state index contributed by atoms with van der Waals surface area (Å²) < 4.78 is 6.55. The van der Waals surface area contributed by atoms with Crippen LogP contribution in [0.15, 0.2) is 40.9 Å². The highest BCUT2D eigenvalue weighted by Gasteiger charge is 2.04. The lowest BCUT2D eigenvalue weighted by atomic mass is 10.2. The third-order valence-corrected chi connectivity index (χ3v) is 3.58. The molecule has 6 heteroatoms. The van der Waals surface area contributed by atoms with Gasteiger partial charge in [-0.1, -0.05) is 45.2 Å². The molecule has 0 aliphatic heterocycles. The second-order valence-corrected chi connectivity index (χ2v) is 5.43. The molecule has 0 saturated heterocycles. The molecular weight excluding hydrogens is 372 g/mol. The molecule has 2 rings (SSSR count). The zero-order chi connectivity index (χ0) is 13.1. The van der Waals surface area contributed by atoms with E-state index in [4.69, 9.17) is 33.7 Å². The molecule has 0 spiro atoms. The third kappa shape index (κ3) is 4.46. The van der Waals surface area contributed by atoms with Crippen LogP contribution in [0.25, 0.3) is 0 Å². The molecule has 2 aromatic carbocycles. The Balaban J connectivity index is 0.00000180. The fourth-order valence-corrected chi connectivity index (χ4v) is 2.42. The molecule has 0 heterocycles. The minimum Gasteiger partial charge on any atom is -0.487 e. The van der Waals surface area contributed by atoms with Gasteiger partial charge in [0.2, 0.25) is 0 Å². The van der Waals surface area contributed by atoms with Crippen LogP contribution in [0, 0.1) is 0 Å². The zero-order valence-corrected chi connectivity index (χ0v) is 13.6. The first-order valence-corrected chi connectivity index (χ1v) is 6.73. The quantitative estimate of drug-likeness (QED) is 0.726. The highest BCUT2D eigenvalue weighted by atomic mass is 79.9. The molecule has 0 fully saturated rings. The van der Waals surface area contributed by atoms with Gasteiger partial charge in [0.05, 0.1) is 5.69 Å². The minimum absolute atomic E-state index is 0. The van der Waals surface area contributed by atoms with Crippen molar-refractivity contribution in [1.29, 1.82) is 0 Å². The van der Waals surface area contributed by atoms with Crippen LogP contribution in [0.4, 0.5) is 5.69 Å². The maximum atomic E-state index is 5.87. The lowest BCUT2D eigenvalue weighted by Gasteiger charge is -2.10. The van der Waals surface area contributed by atoms with Gasteiger partial charge in [-0.2, -0.15) is 0 Å². The van der Waals surface area contributed by atoms with E-state index in [1.165, 1.54) is 0 Å². The molecule has 0 saturated carbocycles. The summed E-state index contributed by atoms with van der Waals surface area (Å²) in [6, 6.07) is 10.7. The highest BCUT2D eigenvalue weighted by Crippen LogP contribution is 2.27. The Labute approximate surface area is 136 Å². The van der Waals surface area contributed by atoms with E-state index in [2.05, 4.69) is 15.9 Å². The van der Waals surface area contributed by atoms with E-state index in [1.54, 1.807) is 18.2 Å². The molecule has 0 bridgehead atoms. The van der Waals surface area contributed by atoms with Gasteiger partial charge in [0.25, 0.3) is 0 Å². The largest absolute Gasteiger partial charge is 0.487 e. The van der Waals surface area contributed by atoms with Gasteiger partial charge in [0.1, 0.15) is 12.4 Å². The Bertz CT molecular complexity index is 526. The van der Waals surface area contributed by atoms with Crippen molar-refractivity contribution in [2.24, 2.45) is 0 Å². The molecule has 2 N–H and O–H groups in total.